The average molecular weight is 228 g/mol. The molecule has 0 fully saturated rings. The second kappa shape index (κ2) is 10.2. The van der Waals surface area contributed by atoms with Crippen LogP contribution in [0.15, 0.2) is 12.2 Å². The summed E-state index contributed by atoms with van der Waals surface area (Å²) in [6, 6.07) is 0. The zero-order chi connectivity index (χ0) is 12.2. The highest BCUT2D eigenvalue weighted by Gasteiger charge is 1.95. The van der Waals surface area contributed by atoms with Crippen LogP contribution < -0.4 is 0 Å². The Morgan fingerprint density at radius 1 is 0.750 bits per heavy atom. The van der Waals surface area contributed by atoms with Crippen LogP contribution in [0.5, 0.6) is 0 Å². The van der Waals surface area contributed by atoms with Gasteiger partial charge in [0, 0.05) is 12.8 Å². The third kappa shape index (κ3) is 12.7. The normalized spacial score (nSPS) is 10.8. The number of unbranched alkanes of at least 4 members (excludes halogenated alkanes) is 4. The van der Waals surface area contributed by atoms with E-state index in [9.17, 15) is 9.59 Å². The minimum Gasteiger partial charge on any atom is -0.481 e. The number of allylic oxidation sites excluding steroid dienone is 2. The maximum atomic E-state index is 10.2. The van der Waals surface area contributed by atoms with E-state index in [4.69, 9.17) is 10.2 Å². The average Bonchev–Trinajstić information content (AvgIpc) is 2.20. The van der Waals surface area contributed by atoms with E-state index in [1.807, 2.05) is 12.2 Å². The second-order valence-electron chi connectivity index (χ2n) is 3.75. The molecule has 0 saturated carbocycles. The molecule has 0 heterocycles. The summed E-state index contributed by atoms with van der Waals surface area (Å²) in [6.45, 7) is 0. The lowest BCUT2D eigenvalue weighted by Gasteiger charge is -1.94. The summed E-state index contributed by atoms with van der Waals surface area (Å²) < 4.78 is 0. The Kier molecular flexibility index (Phi) is 9.36. The van der Waals surface area contributed by atoms with E-state index in [1.165, 1.54) is 0 Å². The molecule has 0 rings (SSSR count). The number of aliphatic carboxylic acids is 2. The van der Waals surface area contributed by atoms with Crippen molar-refractivity contribution in [1.29, 1.82) is 0 Å². The van der Waals surface area contributed by atoms with E-state index < -0.39 is 11.9 Å². The molecule has 16 heavy (non-hydrogen) atoms. The molecule has 0 unspecified atom stereocenters. The van der Waals surface area contributed by atoms with Gasteiger partial charge in [0.15, 0.2) is 0 Å². The predicted molar refractivity (Wildman–Crippen MR) is 61.3 cm³/mol. The summed E-state index contributed by atoms with van der Waals surface area (Å²) in [5, 5.41) is 16.8. The lowest BCUT2D eigenvalue weighted by Crippen LogP contribution is -1.93. The van der Waals surface area contributed by atoms with Crippen molar-refractivity contribution in [2.45, 2.75) is 51.4 Å². The Morgan fingerprint density at radius 3 is 1.44 bits per heavy atom. The molecule has 0 aromatic heterocycles. The molecule has 0 aliphatic heterocycles. The van der Waals surface area contributed by atoms with Gasteiger partial charge in [-0.05, 0) is 38.5 Å². The zero-order valence-electron chi connectivity index (χ0n) is 9.52. The minimum absolute atomic E-state index is 0.243. The first-order valence-corrected chi connectivity index (χ1v) is 5.71. The zero-order valence-corrected chi connectivity index (χ0v) is 9.52. The highest BCUT2D eigenvalue weighted by Crippen LogP contribution is 2.04. The van der Waals surface area contributed by atoms with Crippen LogP contribution >= 0.6 is 0 Å². The lowest BCUT2D eigenvalue weighted by molar-refractivity contribution is -0.138. The van der Waals surface area contributed by atoms with Crippen LogP contribution in [-0.4, -0.2) is 22.2 Å². The fourth-order valence-corrected chi connectivity index (χ4v) is 1.31. The largest absolute Gasteiger partial charge is 0.481 e. The molecular formula is C12H20O4. The summed E-state index contributed by atoms with van der Waals surface area (Å²) >= 11 is 0. The van der Waals surface area contributed by atoms with Crippen LogP contribution in [0.3, 0.4) is 0 Å². The van der Waals surface area contributed by atoms with Gasteiger partial charge >= 0.3 is 11.9 Å². The summed E-state index contributed by atoms with van der Waals surface area (Å²) in [7, 11) is 0. The number of carbonyl (C=O) groups is 2. The molecule has 0 aliphatic rings. The Hall–Kier alpha value is -1.32. The van der Waals surface area contributed by atoms with Gasteiger partial charge in [0.05, 0.1) is 0 Å². The Bertz CT molecular complexity index is 209. The molecule has 92 valence electrons. The number of rotatable bonds is 10. The number of carboxylic acid groups (broad SMARTS) is 2. The van der Waals surface area contributed by atoms with Crippen molar-refractivity contribution in [1.82, 2.24) is 0 Å². The van der Waals surface area contributed by atoms with E-state index in [2.05, 4.69) is 0 Å². The van der Waals surface area contributed by atoms with Gasteiger partial charge in [0.2, 0.25) is 0 Å². The summed E-state index contributed by atoms with van der Waals surface area (Å²) in [4.78, 5) is 20.4. The van der Waals surface area contributed by atoms with Gasteiger partial charge in [-0.1, -0.05) is 12.2 Å². The summed E-state index contributed by atoms with van der Waals surface area (Å²) in [6.07, 6.45) is 9.63. The molecule has 0 radical (unpaired) electrons. The SMILES string of the molecule is O=C(O)CCCC/C=C/CCCCC(=O)O. The van der Waals surface area contributed by atoms with Crippen LogP contribution in [0.25, 0.3) is 0 Å². The lowest BCUT2D eigenvalue weighted by atomic mass is 10.1. The van der Waals surface area contributed by atoms with Crippen molar-refractivity contribution in [3.8, 4) is 0 Å². The molecule has 2 N–H and O–H groups in total. The Balaban J connectivity index is 3.16. The minimum atomic E-state index is -0.738. The van der Waals surface area contributed by atoms with E-state index >= 15 is 0 Å². The third-order valence-electron chi connectivity index (χ3n) is 2.19. The monoisotopic (exact) mass is 228 g/mol. The van der Waals surface area contributed by atoms with Crippen LogP contribution in [0.4, 0.5) is 0 Å². The molecular weight excluding hydrogens is 208 g/mol. The van der Waals surface area contributed by atoms with Crippen LogP contribution in [-0.2, 0) is 9.59 Å². The van der Waals surface area contributed by atoms with E-state index in [-0.39, 0.29) is 12.8 Å². The van der Waals surface area contributed by atoms with Crippen molar-refractivity contribution in [2.75, 3.05) is 0 Å². The first-order valence-electron chi connectivity index (χ1n) is 5.71. The van der Waals surface area contributed by atoms with Crippen molar-refractivity contribution in [3.63, 3.8) is 0 Å². The summed E-state index contributed by atoms with van der Waals surface area (Å²) in [5.41, 5.74) is 0. The maximum Gasteiger partial charge on any atom is 0.303 e. The fourth-order valence-electron chi connectivity index (χ4n) is 1.31. The molecule has 4 nitrogen and oxygen atoms in total. The second-order valence-corrected chi connectivity index (χ2v) is 3.75. The summed E-state index contributed by atoms with van der Waals surface area (Å²) in [5.74, 6) is -1.48. The number of hydrogen-bond donors (Lipinski definition) is 2. The van der Waals surface area contributed by atoms with E-state index in [0.717, 1.165) is 38.5 Å². The topological polar surface area (TPSA) is 74.6 Å². The predicted octanol–water partition coefficient (Wildman–Crippen LogP) is 2.83. The van der Waals surface area contributed by atoms with Gasteiger partial charge in [-0.2, -0.15) is 0 Å². The quantitative estimate of drug-likeness (QED) is 0.445. The van der Waals surface area contributed by atoms with Gasteiger partial charge in [-0.15, -0.1) is 0 Å². The Morgan fingerprint density at radius 2 is 1.12 bits per heavy atom. The van der Waals surface area contributed by atoms with Gasteiger partial charge in [0.25, 0.3) is 0 Å². The van der Waals surface area contributed by atoms with Gasteiger partial charge in [-0.3, -0.25) is 9.59 Å². The van der Waals surface area contributed by atoms with Crippen LogP contribution in [0.1, 0.15) is 51.4 Å². The molecule has 0 atom stereocenters. The van der Waals surface area contributed by atoms with Crippen LogP contribution in [0.2, 0.25) is 0 Å². The van der Waals surface area contributed by atoms with E-state index in [1.54, 1.807) is 0 Å². The highest BCUT2D eigenvalue weighted by molar-refractivity contribution is 5.66. The van der Waals surface area contributed by atoms with Crippen molar-refractivity contribution in [3.05, 3.63) is 12.2 Å². The van der Waals surface area contributed by atoms with E-state index in [0.29, 0.717) is 0 Å². The smallest absolute Gasteiger partial charge is 0.303 e. The van der Waals surface area contributed by atoms with Crippen molar-refractivity contribution >= 4 is 11.9 Å². The van der Waals surface area contributed by atoms with Crippen molar-refractivity contribution < 1.29 is 19.8 Å². The first kappa shape index (κ1) is 14.7. The van der Waals surface area contributed by atoms with Crippen LogP contribution in [0, 0.1) is 0 Å². The number of hydrogen-bond acceptors (Lipinski definition) is 2. The fraction of sp³-hybridized carbons (Fsp3) is 0.667. The molecule has 0 aromatic rings. The first-order chi connectivity index (χ1) is 7.63. The standard InChI is InChI=1S/C12H20O4/c13-11(14)9-7-5-3-1-2-4-6-8-10-12(15)16/h1-2H,3-10H2,(H,13,14)(H,15,16)/b2-1+. The third-order valence-corrected chi connectivity index (χ3v) is 2.19. The molecule has 0 bridgehead atoms. The Labute approximate surface area is 96.0 Å². The molecule has 0 amide bonds. The highest BCUT2D eigenvalue weighted by atomic mass is 16.4. The van der Waals surface area contributed by atoms with Gasteiger partial charge in [-0.25, -0.2) is 0 Å². The van der Waals surface area contributed by atoms with Crippen molar-refractivity contribution in [2.24, 2.45) is 0 Å². The maximum absolute atomic E-state index is 10.2. The van der Waals surface area contributed by atoms with Gasteiger partial charge < -0.3 is 10.2 Å². The molecule has 4 heteroatoms. The molecule has 0 aromatic carbocycles. The molecule has 0 spiro atoms. The molecule has 0 aliphatic carbocycles. The molecule has 0 saturated heterocycles. The van der Waals surface area contributed by atoms with Gasteiger partial charge in [0.1, 0.15) is 0 Å². The number of carboxylic acids is 2.